The van der Waals surface area contributed by atoms with Crippen molar-refractivity contribution >= 4 is 22.6 Å². The van der Waals surface area contributed by atoms with E-state index in [4.69, 9.17) is 0 Å². The van der Waals surface area contributed by atoms with Crippen molar-refractivity contribution in [2.24, 2.45) is 7.05 Å². The van der Waals surface area contributed by atoms with E-state index in [0.717, 1.165) is 12.0 Å². The molecule has 2 rings (SSSR count). The lowest BCUT2D eigenvalue weighted by Gasteiger charge is -2.03. The highest BCUT2D eigenvalue weighted by Crippen LogP contribution is 1.99. The van der Waals surface area contributed by atoms with Crippen LogP contribution in [0, 0.1) is 3.57 Å². The van der Waals surface area contributed by atoms with Crippen LogP contribution in [0.15, 0.2) is 29.7 Å². The van der Waals surface area contributed by atoms with Gasteiger partial charge in [-0.3, -0.25) is 14.0 Å². The first-order valence-electron chi connectivity index (χ1n) is 4.84. The molecule has 0 aliphatic rings. The minimum absolute atomic E-state index is 0.0134. The van der Waals surface area contributed by atoms with Crippen LogP contribution in [-0.2, 0) is 20.0 Å². The summed E-state index contributed by atoms with van der Waals surface area (Å²) in [6.45, 7) is 0.633. The average Bonchev–Trinajstić information content (AvgIpc) is 2.67. The van der Waals surface area contributed by atoms with E-state index < -0.39 is 0 Å². The van der Waals surface area contributed by atoms with Crippen LogP contribution in [0.1, 0.15) is 5.56 Å². The van der Waals surface area contributed by atoms with Gasteiger partial charge in [0.1, 0.15) is 0 Å². The van der Waals surface area contributed by atoms with Gasteiger partial charge >= 0.3 is 0 Å². The van der Waals surface area contributed by atoms with Crippen molar-refractivity contribution in [2.75, 3.05) is 0 Å². The second-order valence-electron chi connectivity index (χ2n) is 3.51. The van der Waals surface area contributed by atoms with Gasteiger partial charge in [0, 0.05) is 26.0 Å². The fraction of sp³-hybridized carbons (Fsp3) is 0.300. The molecule has 0 atom stereocenters. The molecule has 84 valence electrons. The fourth-order valence-corrected chi connectivity index (χ4v) is 1.90. The molecule has 5 nitrogen and oxygen atoms in total. The molecular formula is C10H11IN4O. The SMILES string of the molecule is Cn1cc(CCn2cncc(I)c2=O)cn1. The molecule has 0 N–H and O–H groups in total. The van der Waals surface area contributed by atoms with E-state index in [-0.39, 0.29) is 5.56 Å². The summed E-state index contributed by atoms with van der Waals surface area (Å²) in [5.74, 6) is 0. The van der Waals surface area contributed by atoms with Crippen LogP contribution in [0.5, 0.6) is 0 Å². The van der Waals surface area contributed by atoms with Gasteiger partial charge in [0.2, 0.25) is 0 Å². The molecule has 0 spiro atoms. The maximum atomic E-state index is 11.7. The minimum atomic E-state index is 0.0134. The molecule has 16 heavy (non-hydrogen) atoms. The van der Waals surface area contributed by atoms with Crippen LogP contribution < -0.4 is 5.56 Å². The Kier molecular flexibility index (Phi) is 3.37. The van der Waals surface area contributed by atoms with Gasteiger partial charge in [-0.05, 0) is 34.6 Å². The van der Waals surface area contributed by atoms with Gasteiger partial charge in [-0.25, -0.2) is 4.98 Å². The molecule has 0 fully saturated rings. The van der Waals surface area contributed by atoms with Crippen LogP contribution >= 0.6 is 22.6 Å². The Morgan fingerprint density at radius 3 is 2.94 bits per heavy atom. The second kappa shape index (κ2) is 4.77. The Balaban J connectivity index is 2.11. The molecule has 0 aliphatic heterocycles. The number of aromatic nitrogens is 4. The van der Waals surface area contributed by atoms with Crippen LogP contribution in [0.2, 0.25) is 0 Å². The fourth-order valence-electron chi connectivity index (χ4n) is 1.43. The zero-order valence-electron chi connectivity index (χ0n) is 8.80. The highest BCUT2D eigenvalue weighted by Gasteiger charge is 2.02. The van der Waals surface area contributed by atoms with Crippen molar-refractivity contribution in [3.05, 3.63) is 44.4 Å². The number of rotatable bonds is 3. The Bertz CT molecular complexity index is 546. The normalized spacial score (nSPS) is 10.6. The van der Waals surface area contributed by atoms with Crippen LogP contribution in [0.4, 0.5) is 0 Å². The van der Waals surface area contributed by atoms with Crippen molar-refractivity contribution in [3.63, 3.8) is 0 Å². The smallest absolute Gasteiger partial charge is 0.266 e. The molecular weight excluding hydrogens is 319 g/mol. The summed E-state index contributed by atoms with van der Waals surface area (Å²) >= 11 is 2.00. The first kappa shape index (κ1) is 11.3. The van der Waals surface area contributed by atoms with Crippen molar-refractivity contribution < 1.29 is 0 Å². The third-order valence-electron chi connectivity index (χ3n) is 2.26. The molecule has 0 amide bonds. The molecule has 2 aromatic heterocycles. The zero-order valence-corrected chi connectivity index (χ0v) is 11.0. The van der Waals surface area contributed by atoms with E-state index in [1.54, 1.807) is 21.8 Å². The molecule has 2 heterocycles. The predicted octanol–water partition coefficient (Wildman–Crippen LogP) is 0.824. The number of aryl methyl sites for hydroxylation is 3. The van der Waals surface area contributed by atoms with Gasteiger partial charge in [0.15, 0.2) is 0 Å². The lowest BCUT2D eigenvalue weighted by molar-refractivity contribution is 0.650. The van der Waals surface area contributed by atoms with E-state index >= 15 is 0 Å². The Morgan fingerprint density at radius 2 is 2.25 bits per heavy atom. The van der Waals surface area contributed by atoms with Gasteiger partial charge in [-0.15, -0.1) is 0 Å². The molecule has 6 heteroatoms. The summed E-state index contributed by atoms with van der Waals surface area (Å²) in [5, 5.41) is 4.08. The van der Waals surface area contributed by atoms with E-state index in [0.29, 0.717) is 10.1 Å². The number of nitrogens with zero attached hydrogens (tertiary/aromatic N) is 4. The second-order valence-corrected chi connectivity index (χ2v) is 4.67. The van der Waals surface area contributed by atoms with Crippen LogP contribution in [0.25, 0.3) is 0 Å². The first-order valence-corrected chi connectivity index (χ1v) is 5.92. The summed E-state index contributed by atoms with van der Waals surface area (Å²) in [5.41, 5.74) is 1.13. The highest BCUT2D eigenvalue weighted by atomic mass is 127. The van der Waals surface area contributed by atoms with E-state index in [1.807, 2.05) is 42.0 Å². The van der Waals surface area contributed by atoms with Gasteiger partial charge in [-0.1, -0.05) is 0 Å². The zero-order chi connectivity index (χ0) is 11.5. The lowest BCUT2D eigenvalue weighted by atomic mass is 10.2. The van der Waals surface area contributed by atoms with Gasteiger partial charge < -0.3 is 0 Å². The molecule has 0 aliphatic carbocycles. The molecule has 0 saturated carbocycles. The molecule has 0 aromatic carbocycles. The maximum absolute atomic E-state index is 11.7. The number of halogens is 1. The number of hydrogen-bond acceptors (Lipinski definition) is 3. The highest BCUT2D eigenvalue weighted by molar-refractivity contribution is 14.1. The monoisotopic (exact) mass is 330 g/mol. The Hall–Kier alpha value is -1.18. The molecule has 0 unspecified atom stereocenters. The summed E-state index contributed by atoms with van der Waals surface area (Å²) in [6, 6.07) is 0. The Labute approximate surface area is 106 Å². The topological polar surface area (TPSA) is 52.7 Å². The van der Waals surface area contributed by atoms with E-state index in [9.17, 15) is 4.79 Å². The van der Waals surface area contributed by atoms with Crippen molar-refractivity contribution in [2.45, 2.75) is 13.0 Å². The first-order chi connectivity index (χ1) is 7.66. The standard InChI is InChI=1S/C10H11IN4O/c1-14-6-8(4-13-14)2-3-15-7-12-5-9(11)10(15)16/h4-7H,2-3H2,1H3. The van der Waals surface area contributed by atoms with Gasteiger partial charge in [0.05, 0.1) is 16.1 Å². The van der Waals surface area contributed by atoms with Crippen LogP contribution in [0.3, 0.4) is 0 Å². The van der Waals surface area contributed by atoms with E-state index in [1.165, 1.54) is 0 Å². The van der Waals surface area contributed by atoms with E-state index in [2.05, 4.69) is 10.1 Å². The summed E-state index contributed by atoms with van der Waals surface area (Å²) < 4.78 is 4.02. The van der Waals surface area contributed by atoms with Crippen molar-refractivity contribution in [1.82, 2.24) is 19.3 Å². The quantitative estimate of drug-likeness (QED) is 0.783. The predicted molar refractivity (Wildman–Crippen MR) is 68.1 cm³/mol. The van der Waals surface area contributed by atoms with Crippen molar-refractivity contribution in [3.8, 4) is 0 Å². The summed E-state index contributed by atoms with van der Waals surface area (Å²) in [7, 11) is 1.88. The molecule has 0 radical (unpaired) electrons. The summed E-state index contributed by atoms with van der Waals surface area (Å²) in [6.07, 6.45) is 7.69. The summed E-state index contributed by atoms with van der Waals surface area (Å²) in [4.78, 5) is 15.7. The number of hydrogen-bond donors (Lipinski definition) is 0. The van der Waals surface area contributed by atoms with Gasteiger partial charge in [0.25, 0.3) is 5.56 Å². The Morgan fingerprint density at radius 1 is 1.44 bits per heavy atom. The largest absolute Gasteiger partial charge is 0.298 e. The van der Waals surface area contributed by atoms with Gasteiger partial charge in [-0.2, -0.15) is 5.10 Å². The molecule has 0 bridgehead atoms. The third-order valence-corrected chi connectivity index (χ3v) is 3.00. The van der Waals surface area contributed by atoms with Crippen molar-refractivity contribution in [1.29, 1.82) is 0 Å². The maximum Gasteiger partial charge on any atom is 0.266 e. The van der Waals surface area contributed by atoms with Crippen LogP contribution in [-0.4, -0.2) is 19.3 Å². The molecule has 0 saturated heterocycles. The average molecular weight is 330 g/mol. The molecule has 2 aromatic rings. The third kappa shape index (κ3) is 2.49. The lowest BCUT2D eigenvalue weighted by Crippen LogP contribution is -2.23. The minimum Gasteiger partial charge on any atom is -0.298 e.